The Labute approximate surface area is 195 Å². The molecule has 0 aliphatic heterocycles. The Morgan fingerprint density at radius 1 is 1.15 bits per heavy atom. The molecule has 0 saturated heterocycles. The Morgan fingerprint density at radius 2 is 1.97 bits per heavy atom. The predicted octanol–water partition coefficient (Wildman–Crippen LogP) is 4.48. The van der Waals surface area contributed by atoms with Crippen LogP contribution in [0.25, 0.3) is 22.5 Å². The maximum absolute atomic E-state index is 14.1. The summed E-state index contributed by atoms with van der Waals surface area (Å²) in [5, 5.41) is 13.0. The first-order valence-corrected chi connectivity index (χ1v) is 10.4. The van der Waals surface area contributed by atoms with Crippen LogP contribution < -0.4 is 4.74 Å². The Bertz CT molecular complexity index is 1280. The Hall–Kier alpha value is -3.82. The fourth-order valence-electron chi connectivity index (χ4n) is 4.00. The van der Waals surface area contributed by atoms with Crippen LogP contribution in [0.4, 0.5) is 4.39 Å². The molecule has 2 aromatic carbocycles. The highest BCUT2D eigenvalue weighted by Crippen LogP contribution is 2.42. The molecule has 1 heterocycles. The first-order valence-electron chi connectivity index (χ1n) is 10.4. The summed E-state index contributed by atoms with van der Waals surface area (Å²) >= 11 is 0. The van der Waals surface area contributed by atoms with Gasteiger partial charge in [-0.25, -0.2) is 9.18 Å². The number of carboxylic acids is 1. The third-order valence-corrected chi connectivity index (χ3v) is 5.73. The summed E-state index contributed by atoms with van der Waals surface area (Å²) in [5.41, 5.74) is 1.60. The van der Waals surface area contributed by atoms with Gasteiger partial charge in [0, 0.05) is 31.8 Å². The summed E-state index contributed by atoms with van der Waals surface area (Å²) < 4.78 is 36.4. The SMILES string of the molecule is COCC1(OC)CC(c2nc(-c3ccc(C(=O)O)c(F)c3)no2)=CC=C1c1cccc(OC)c1. The molecule has 34 heavy (non-hydrogen) atoms. The number of halogens is 1. The summed E-state index contributed by atoms with van der Waals surface area (Å²) in [6.45, 7) is 0.271. The van der Waals surface area contributed by atoms with Crippen LogP contribution in [0.2, 0.25) is 0 Å². The van der Waals surface area contributed by atoms with Crippen molar-refractivity contribution in [1.29, 1.82) is 0 Å². The molecule has 0 spiro atoms. The molecule has 1 unspecified atom stereocenters. The van der Waals surface area contributed by atoms with Gasteiger partial charge in [0.15, 0.2) is 0 Å². The van der Waals surface area contributed by atoms with Gasteiger partial charge in [-0.15, -0.1) is 0 Å². The number of benzene rings is 2. The predicted molar refractivity (Wildman–Crippen MR) is 122 cm³/mol. The quantitative estimate of drug-likeness (QED) is 0.518. The number of ether oxygens (including phenoxy) is 3. The monoisotopic (exact) mass is 466 g/mol. The van der Waals surface area contributed by atoms with Crippen LogP contribution in [-0.2, 0) is 9.47 Å². The molecule has 0 radical (unpaired) electrons. The lowest BCUT2D eigenvalue weighted by Gasteiger charge is -2.37. The normalized spacial score (nSPS) is 17.8. The number of nitrogens with zero attached hydrogens (tertiary/aromatic N) is 2. The molecule has 0 bridgehead atoms. The van der Waals surface area contributed by atoms with E-state index in [4.69, 9.17) is 23.8 Å². The van der Waals surface area contributed by atoms with Gasteiger partial charge in [0.2, 0.25) is 5.82 Å². The van der Waals surface area contributed by atoms with E-state index in [1.54, 1.807) is 21.3 Å². The van der Waals surface area contributed by atoms with E-state index in [0.717, 1.165) is 23.0 Å². The first kappa shape index (κ1) is 23.3. The van der Waals surface area contributed by atoms with Crippen LogP contribution in [0.1, 0.15) is 28.2 Å². The lowest BCUT2D eigenvalue weighted by Crippen LogP contribution is -2.39. The summed E-state index contributed by atoms with van der Waals surface area (Å²) in [4.78, 5) is 15.5. The van der Waals surface area contributed by atoms with Crippen LogP contribution in [0.5, 0.6) is 5.75 Å². The third kappa shape index (κ3) is 4.35. The van der Waals surface area contributed by atoms with Gasteiger partial charge in [-0.05, 0) is 41.5 Å². The summed E-state index contributed by atoms with van der Waals surface area (Å²) in [6, 6.07) is 11.3. The van der Waals surface area contributed by atoms with Crippen molar-refractivity contribution >= 4 is 17.1 Å². The fourth-order valence-corrected chi connectivity index (χ4v) is 4.00. The number of hydrogen-bond donors (Lipinski definition) is 1. The van der Waals surface area contributed by atoms with E-state index in [0.29, 0.717) is 17.6 Å². The lowest BCUT2D eigenvalue weighted by atomic mass is 9.79. The van der Waals surface area contributed by atoms with Crippen LogP contribution in [0.15, 0.2) is 59.1 Å². The first-order chi connectivity index (χ1) is 16.4. The maximum atomic E-state index is 14.1. The molecule has 1 aromatic heterocycles. The van der Waals surface area contributed by atoms with Crippen molar-refractivity contribution < 1.29 is 33.0 Å². The minimum absolute atomic E-state index is 0.143. The van der Waals surface area contributed by atoms with Crippen LogP contribution in [0.3, 0.4) is 0 Å². The van der Waals surface area contributed by atoms with Crippen molar-refractivity contribution in [3.63, 3.8) is 0 Å². The Morgan fingerprint density at radius 3 is 2.65 bits per heavy atom. The number of allylic oxidation sites excluding steroid dienone is 2. The molecule has 0 saturated carbocycles. The molecule has 0 fully saturated rings. The molecular weight excluding hydrogens is 443 g/mol. The van der Waals surface area contributed by atoms with Crippen molar-refractivity contribution in [2.75, 3.05) is 27.9 Å². The third-order valence-electron chi connectivity index (χ3n) is 5.73. The maximum Gasteiger partial charge on any atom is 0.338 e. The van der Waals surface area contributed by atoms with Crippen LogP contribution in [-0.4, -0.2) is 54.8 Å². The standard InChI is InChI=1S/C25H23FN2O6/c1-31-14-25(33-3)13-17(8-10-20(25)15-5-4-6-18(11-15)32-2)23-27-22(28-34-23)16-7-9-19(24(29)30)21(26)12-16/h4-12H,13-14H2,1-3H3,(H,29,30). The zero-order valence-electron chi connectivity index (χ0n) is 18.9. The summed E-state index contributed by atoms with van der Waals surface area (Å²) in [6.07, 6.45) is 4.17. The van der Waals surface area contributed by atoms with Gasteiger partial charge in [-0.1, -0.05) is 29.4 Å². The molecule has 9 heteroatoms. The van der Waals surface area contributed by atoms with E-state index in [-0.39, 0.29) is 18.3 Å². The molecule has 0 amide bonds. The van der Waals surface area contributed by atoms with E-state index in [1.807, 2.05) is 36.4 Å². The number of carboxylic acid groups (broad SMARTS) is 1. The second-order valence-corrected chi connectivity index (χ2v) is 7.74. The number of aromatic nitrogens is 2. The average molecular weight is 466 g/mol. The van der Waals surface area contributed by atoms with Crippen molar-refractivity contribution in [2.45, 2.75) is 12.0 Å². The highest BCUT2D eigenvalue weighted by molar-refractivity contribution is 5.88. The van der Waals surface area contributed by atoms with Crippen LogP contribution >= 0.6 is 0 Å². The molecule has 1 aliphatic rings. The van der Waals surface area contributed by atoms with Gasteiger partial charge < -0.3 is 23.8 Å². The second-order valence-electron chi connectivity index (χ2n) is 7.74. The summed E-state index contributed by atoms with van der Waals surface area (Å²) in [5.74, 6) is -1.12. The highest BCUT2D eigenvalue weighted by Gasteiger charge is 2.39. The molecular formula is C25H23FN2O6. The number of carbonyl (C=O) groups is 1. The molecule has 1 atom stereocenters. The van der Waals surface area contributed by atoms with E-state index >= 15 is 0 Å². The molecule has 1 N–H and O–H groups in total. The molecule has 4 rings (SSSR count). The van der Waals surface area contributed by atoms with Crippen molar-refractivity contribution in [1.82, 2.24) is 10.1 Å². The topological polar surface area (TPSA) is 104 Å². The molecule has 1 aliphatic carbocycles. The lowest BCUT2D eigenvalue weighted by molar-refractivity contribution is -0.0186. The molecule has 8 nitrogen and oxygen atoms in total. The second kappa shape index (κ2) is 9.58. The van der Waals surface area contributed by atoms with Crippen molar-refractivity contribution in [2.24, 2.45) is 0 Å². The van der Waals surface area contributed by atoms with Gasteiger partial charge in [0.1, 0.15) is 17.2 Å². The van der Waals surface area contributed by atoms with Crippen molar-refractivity contribution in [3.8, 4) is 17.1 Å². The van der Waals surface area contributed by atoms with Gasteiger partial charge in [0.25, 0.3) is 5.89 Å². The zero-order valence-corrected chi connectivity index (χ0v) is 18.9. The van der Waals surface area contributed by atoms with Gasteiger partial charge in [-0.2, -0.15) is 4.98 Å². The number of aromatic carboxylic acids is 1. The fraction of sp³-hybridized carbons (Fsp3) is 0.240. The number of rotatable bonds is 8. The van der Waals surface area contributed by atoms with E-state index in [1.165, 1.54) is 12.1 Å². The van der Waals surface area contributed by atoms with E-state index in [9.17, 15) is 9.18 Å². The number of methoxy groups -OCH3 is 3. The molecule has 3 aromatic rings. The van der Waals surface area contributed by atoms with Gasteiger partial charge >= 0.3 is 5.97 Å². The highest BCUT2D eigenvalue weighted by atomic mass is 19.1. The summed E-state index contributed by atoms with van der Waals surface area (Å²) in [7, 11) is 4.82. The van der Waals surface area contributed by atoms with Gasteiger partial charge in [0.05, 0.1) is 19.3 Å². The number of hydrogen-bond acceptors (Lipinski definition) is 7. The zero-order chi connectivity index (χ0) is 24.3. The largest absolute Gasteiger partial charge is 0.497 e. The Kier molecular flexibility index (Phi) is 6.58. The Balaban J connectivity index is 1.71. The molecule has 176 valence electrons. The van der Waals surface area contributed by atoms with Gasteiger partial charge in [-0.3, -0.25) is 0 Å². The van der Waals surface area contributed by atoms with Crippen molar-refractivity contribution in [3.05, 3.63) is 77.5 Å². The average Bonchev–Trinajstić information content (AvgIpc) is 3.34. The van der Waals surface area contributed by atoms with E-state index in [2.05, 4.69) is 10.1 Å². The minimum atomic E-state index is -1.35. The minimum Gasteiger partial charge on any atom is -0.497 e. The smallest absolute Gasteiger partial charge is 0.338 e. The van der Waals surface area contributed by atoms with Crippen LogP contribution in [0, 0.1) is 5.82 Å². The van der Waals surface area contributed by atoms with E-state index < -0.39 is 23.0 Å².